The van der Waals surface area contributed by atoms with Crippen LogP contribution in [0.25, 0.3) is 11.3 Å². The standard InChI is InChI=1S/C21H27ClN4O3/c1-15(2)24-19(27)14-25-9-11-26(12-10-25)21(28)8-7-20-23-13-18(29-20)16-3-5-17(22)6-4-16/h3-6,13,15H,7-12,14H2,1-2H3,(H,24,27). The van der Waals surface area contributed by atoms with Gasteiger partial charge in [-0.1, -0.05) is 11.6 Å². The third kappa shape index (κ3) is 6.30. The summed E-state index contributed by atoms with van der Waals surface area (Å²) in [5.74, 6) is 1.33. The lowest BCUT2D eigenvalue weighted by molar-refractivity contribution is -0.133. The van der Waals surface area contributed by atoms with Crippen LogP contribution in [-0.4, -0.2) is 65.4 Å². The fourth-order valence-corrected chi connectivity index (χ4v) is 3.40. The van der Waals surface area contributed by atoms with Gasteiger partial charge in [0.2, 0.25) is 11.8 Å². The Hall–Kier alpha value is -2.38. The summed E-state index contributed by atoms with van der Waals surface area (Å²) >= 11 is 5.91. The summed E-state index contributed by atoms with van der Waals surface area (Å²) in [6.07, 6.45) is 2.49. The van der Waals surface area contributed by atoms with Gasteiger partial charge in [-0.3, -0.25) is 14.5 Å². The number of aryl methyl sites for hydroxylation is 1. The molecule has 0 unspecified atom stereocenters. The Morgan fingerprint density at radius 3 is 2.52 bits per heavy atom. The predicted octanol–water partition coefficient (Wildman–Crippen LogP) is 2.60. The van der Waals surface area contributed by atoms with Crippen LogP contribution in [0.3, 0.4) is 0 Å². The van der Waals surface area contributed by atoms with E-state index in [0.29, 0.717) is 62.2 Å². The van der Waals surface area contributed by atoms with Crippen molar-refractivity contribution >= 4 is 23.4 Å². The molecule has 1 aliphatic heterocycles. The van der Waals surface area contributed by atoms with Gasteiger partial charge in [0, 0.05) is 55.6 Å². The molecule has 8 heteroatoms. The fraction of sp³-hybridized carbons (Fsp3) is 0.476. The Labute approximate surface area is 176 Å². The first kappa shape index (κ1) is 21.3. The maximum Gasteiger partial charge on any atom is 0.234 e. The van der Waals surface area contributed by atoms with E-state index >= 15 is 0 Å². The highest BCUT2D eigenvalue weighted by atomic mass is 35.5. The molecule has 1 fully saturated rings. The number of benzene rings is 1. The minimum absolute atomic E-state index is 0.0279. The number of hydrogen-bond acceptors (Lipinski definition) is 5. The van der Waals surface area contributed by atoms with Gasteiger partial charge in [-0.15, -0.1) is 0 Å². The molecule has 0 bridgehead atoms. The largest absolute Gasteiger partial charge is 0.441 e. The number of rotatable bonds is 7. The van der Waals surface area contributed by atoms with Crippen LogP contribution in [0.2, 0.25) is 5.02 Å². The molecule has 2 amide bonds. The zero-order valence-corrected chi connectivity index (χ0v) is 17.6. The second-order valence-corrected chi connectivity index (χ2v) is 7.94. The van der Waals surface area contributed by atoms with E-state index < -0.39 is 0 Å². The molecule has 0 saturated carbocycles. The van der Waals surface area contributed by atoms with Crippen LogP contribution >= 0.6 is 11.6 Å². The van der Waals surface area contributed by atoms with E-state index in [0.717, 1.165) is 5.56 Å². The smallest absolute Gasteiger partial charge is 0.234 e. The summed E-state index contributed by atoms with van der Waals surface area (Å²) in [5.41, 5.74) is 0.900. The zero-order chi connectivity index (χ0) is 20.8. The van der Waals surface area contributed by atoms with Crippen LogP contribution in [-0.2, 0) is 16.0 Å². The first-order valence-corrected chi connectivity index (χ1v) is 10.3. The van der Waals surface area contributed by atoms with Gasteiger partial charge in [-0.05, 0) is 38.1 Å². The van der Waals surface area contributed by atoms with Crippen molar-refractivity contribution in [2.75, 3.05) is 32.7 Å². The van der Waals surface area contributed by atoms with Gasteiger partial charge in [0.1, 0.15) is 0 Å². The molecule has 1 N–H and O–H groups in total. The SMILES string of the molecule is CC(C)NC(=O)CN1CCN(C(=O)CCc2ncc(-c3ccc(Cl)cc3)o2)CC1. The number of nitrogens with one attached hydrogen (secondary N) is 1. The van der Waals surface area contributed by atoms with Crippen molar-refractivity contribution in [3.05, 3.63) is 41.4 Å². The number of carbonyl (C=O) groups is 2. The van der Waals surface area contributed by atoms with Gasteiger partial charge in [0.05, 0.1) is 12.7 Å². The Morgan fingerprint density at radius 1 is 1.17 bits per heavy atom. The second-order valence-electron chi connectivity index (χ2n) is 7.50. The van der Waals surface area contributed by atoms with Gasteiger partial charge >= 0.3 is 0 Å². The maximum atomic E-state index is 12.5. The summed E-state index contributed by atoms with van der Waals surface area (Å²) in [6, 6.07) is 7.49. The maximum absolute atomic E-state index is 12.5. The van der Waals surface area contributed by atoms with Crippen LogP contribution in [0.5, 0.6) is 0 Å². The summed E-state index contributed by atoms with van der Waals surface area (Å²) in [4.78, 5) is 32.6. The molecule has 1 saturated heterocycles. The molecule has 0 atom stereocenters. The minimum Gasteiger partial charge on any atom is -0.441 e. The lowest BCUT2D eigenvalue weighted by Crippen LogP contribution is -2.51. The molecule has 2 heterocycles. The number of carbonyl (C=O) groups excluding carboxylic acids is 2. The molecule has 1 aromatic heterocycles. The van der Waals surface area contributed by atoms with Crippen molar-refractivity contribution in [2.24, 2.45) is 0 Å². The molecule has 0 radical (unpaired) electrons. The van der Waals surface area contributed by atoms with E-state index in [9.17, 15) is 9.59 Å². The molecule has 7 nitrogen and oxygen atoms in total. The van der Waals surface area contributed by atoms with E-state index in [2.05, 4.69) is 15.2 Å². The molecule has 1 aliphatic rings. The Morgan fingerprint density at radius 2 is 1.86 bits per heavy atom. The molecule has 3 rings (SSSR count). The summed E-state index contributed by atoms with van der Waals surface area (Å²) in [7, 11) is 0. The molecule has 156 valence electrons. The summed E-state index contributed by atoms with van der Waals surface area (Å²) in [5, 5.41) is 3.56. The van der Waals surface area contributed by atoms with Gasteiger partial charge in [0.25, 0.3) is 0 Å². The number of halogens is 1. The summed E-state index contributed by atoms with van der Waals surface area (Å²) < 4.78 is 5.76. The van der Waals surface area contributed by atoms with Gasteiger partial charge in [-0.25, -0.2) is 4.98 Å². The van der Waals surface area contributed by atoms with E-state index in [4.69, 9.17) is 16.0 Å². The average molecular weight is 419 g/mol. The van der Waals surface area contributed by atoms with Crippen molar-refractivity contribution in [2.45, 2.75) is 32.7 Å². The number of amides is 2. The quantitative estimate of drug-likeness (QED) is 0.747. The molecular formula is C21H27ClN4O3. The molecule has 0 aliphatic carbocycles. The highest BCUT2D eigenvalue weighted by Crippen LogP contribution is 2.22. The number of hydrogen-bond donors (Lipinski definition) is 1. The molecule has 2 aromatic rings. The van der Waals surface area contributed by atoms with Crippen LogP contribution in [0.15, 0.2) is 34.9 Å². The Kier molecular flexibility index (Phi) is 7.28. The van der Waals surface area contributed by atoms with E-state index in [1.165, 1.54) is 0 Å². The van der Waals surface area contributed by atoms with Gasteiger partial charge in [-0.2, -0.15) is 0 Å². The number of oxazole rings is 1. The van der Waals surface area contributed by atoms with Crippen LogP contribution in [0, 0.1) is 0 Å². The number of nitrogens with zero attached hydrogens (tertiary/aromatic N) is 3. The average Bonchev–Trinajstić information content (AvgIpc) is 3.15. The van der Waals surface area contributed by atoms with Crippen molar-refractivity contribution in [1.29, 1.82) is 0 Å². The predicted molar refractivity (Wildman–Crippen MR) is 112 cm³/mol. The third-order valence-corrected chi connectivity index (χ3v) is 5.03. The minimum atomic E-state index is 0.0279. The van der Waals surface area contributed by atoms with Gasteiger partial charge < -0.3 is 14.6 Å². The topological polar surface area (TPSA) is 78.7 Å². The van der Waals surface area contributed by atoms with Gasteiger partial charge in [0.15, 0.2) is 11.7 Å². The highest BCUT2D eigenvalue weighted by molar-refractivity contribution is 6.30. The first-order chi connectivity index (χ1) is 13.9. The van der Waals surface area contributed by atoms with Crippen molar-refractivity contribution < 1.29 is 14.0 Å². The van der Waals surface area contributed by atoms with Crippen LogP contribution < -0.4 is 5.32 Å². The van der Waals surface area contributed by atoms with Crippen molar-refractivity contribution in [3.63, 3.8) is 0 Å². The fourth-order valence-electron chi connectivity index (χ4n) is 3.27. The number of aromatic nitrogens is 1. The zero-order valence-electron chi connectivity index (χ0n) is 16.9. The van der Waals surface area contributed by atoms with E-state index in [1.54, 1.807) is 18.3 Å². The van der Waals surface area contributed by atoms with E-state index in [1.807, 2.05) is 30.9 Å². The van der Waals surface area contributed by atoms with Crippen LogP contribution in [0.4, 0.5) is 0 Å². The molecule has 1 aromatic carbocycles. The van der Waals surface area contributed by atoms with Crippen molar-refractivity contribution in [1.82, 2.24) is 20.1 Å². The molecular weight excluding hydrogens is 392 g/mol. The number of piperazine rings is 1. The van der Waals surface area contributed by atoms with E-state index in [-0.39, 0.29) is 17.9 Å². The summed E-state index contributed by atoms with van der Waals surface area (Å²) in [6.45, 7) is 6.95. The Balaban J connectivity index is 1.42. The molecule has 29 heavy (non-hydrogen) atoms. The molecule has 0 spiro atoms. The first-order valence-electron chi connectivity index (χ1n) is 9.91. The highest BCUT2D eigenvalue weighted by Gasteiger charge is 2.22. The lowest BCUT2D eigenvalue weighted by atomic mass is 10.2. The second kappa shape index (κ2) is 9.89. The van der Waals surface area contributed by atoms with Crippen molar-refractivity contribution in [3.8, 4) is 11.3 Å². The lowest BCUT2D eigenvalue weighted by Gasteiger charge is -2.34. The monoisotopic (exact) mass is 418 g/mol. The Bertz CT molecular complexity index is 827. The third-order valence-electron chi connectivity index (χ3n) is 4.78. The van der Waals surface area contributed by atoms with Crippen LogP contribution in [0.1, 0.15) is 26.2 Å². The normalized spacial score (nSPS) is 15.0.